The van der Waals surface area contributed by atoms with Crippen molar-refractivity contribution in [3.05, 3.63) is 52.8 Å². The van der Waals surface area contributed by atoms with Crippen molar-refractivity contribution < 1.29 is 4.79 Å². The summed E-state index contributed by atoms with van der Waals surface area (Å²) < 4.78 is 1.93. The summed E-state index contributed by atoms with van der Waals surface area (Å²) in [5, 5.41) is 3.49. The van der Waals surface area contributed by atoms with Crippen molar-refractivity contribution in [2.45, 2.75) is 6.54 Å². The van der Waals surface area contributed by atoms with Gasteiger partial charge in [-0.05, 0) is 29.8 Å². The predicted octanol–water partition coefficient (Wildman–Crippen LogP) is 2.76. The summed E-state index contributed by atoms with van der Waals surface area (Å²) in [5.41, 5.74) is 2.53. The fourth-order valence-corrected chi connectivity index (χ4v) is 2.10. The molecule has 0 radical (unpaired) electrons. The van der Waals surface area contributed by atoms with Gasteiger partial charge in [0.1, 0.15) is 5.69 Å². The molecule has 2 heterocycles. The number of carbonyl (C=O) groups excluding carboxylic acids is 1. The van der Waals surface area contributed by atoms with E-state index in [1.165, 1.54) is 0 Å². The minimum absolute atomic E-state index is 0.0917. The summed E-state index contributed by atoms with van der Waals surface area (Å²) in [4.78, 5) is 11.9. The third-order valence-electron chi connectivity index (χ3n) is 2.72. The zero-order valence-electron chi connectivity index (χ0n) is 8.40. The van der Waals surface area contributed by atoms with E-state index < -0.39 is 0 Å². The smallest absolute Gasteiger partial charge is 0.272 e. The molecule has 0 saturated heterocycles. The predicted molar refractivity (Wildman–Crippen MR) is 62.9 cm³/mol. The molecule has 1 aromatic carbocycles. The Kier molecular flexibility index (Phi) is 2.01. The van der Waals surface area contributed by atoms with Gasteiger partial charge in [-0.15, -0.1) is 0 Å². The van der Waals surface area contributed by atoms with Crippen molar-refractivity contribution >= 4 is 23.2 Å². The maximum Gasteiger partial charge on any atom is 0.272 e. The normalized spacial score (nSPS) is 13.7. The molecular formula is C12H9ClN2O. The minimum atomic E-state index is -0.0917. The number of aromatic nitrogens is 1. The van der Waals surface area contributed by atoms with Crippen LogP contribution in [0.3, 0.4) is 0 Å². The molecule has 1 amide bonds. The number of fused-ring (bicyclic) bond motifs is 2. The van der Waals surface area contributed by atoms with Gasteiger partial charge in [0.15, 0.2) is 0 Å². The van der Waals surface area contributed by atoms with E-state index >= 15 is 0 Å². The highest BCUT2D eigenvalue weighted by Crippen LogP contribution is 2.25. The van der Waals surface area contributed by atoms with E-state index in [0.29, 0.717) is 17.3 Å². The third-order valence-corrected chi connectivity index (χ3v) is 2.96. The highest BCUT2D eigenvalue weighted by Gasteiger charge is 2.18. The van der Waals surface area contributed by atoms with E-state index in [9.17, 15) is 4.79 Å². The first kappa shape index (κ1) is 9.48. The average Bonchev–Trinajstić information content (AvgIpc) is 2.65. The number of benzene rings is 1. The van der Waals surface area contributed by atoms with Gasteiger partial charge >= 0.3 is 0 Å². The molecule has 0 atom stereocenters. The molecule has 16 heavy (non-hydrogen) atoms. The van der Waals surface area contributed by atoms with E-state index in [2.05, 4.69) is 5.32 Å². The molecule has 1 aliphatic rings. The minimum Gasteiger partial charge on any atom is -0.339 e. The highest BCUT2D eigenvalue weighted by atomic mass is 35.5. The molecule has 0 spiro atoms. The molecule has 3 nitrogen and oxygen atoms in total. The number of amides is 1. The van der Waals surface area contributed by atoms with E-state index in [-0.39, 0.29) is 5.91 Å². The standard InChI is InChI=1S/C12H9ClN2O/c13-9-4-3-8-7-15-5-1-2-11(15)12(16)14-10(8)6-9/h1-6H,7H2,(H,14,16). The second-order valence-electron chi connectivity index (χ2n) is 3.78. The second-order valence-corrected chi connectivity index (χ2v) is 4.21. The van der Waals surface area contributed by atoms with Crippen LogP contribution in [0.5, 0.6) is 0 Å². The van der Waals surface area contributed by atoms with Crippen LogP contribution in [0.25, 0.3) is 0 Å². The molecule has 1 N–H and O–H groups in total. The van der Waals surface area contributed by atoms with Crippen LogP contribution in [0.4, 0.5) is 5.69 Å². The Labute approximate surface area is 97.6 Å². The van der Waals surface area contributed by atoms with E-state index in [1.807, 2.05) is 35.0 Å². The summed E-state index contributed by atoms with van der Waals surface area (Å²) in [7, 11) is 0. The van der Waals surface area contributed by atoms with Crippen LogP contribution in [-0.2, 0) is 6.54 Å². The molecule has 80 valence electrons. The first-order chi connectivity index (χ1) is 7.74. The molecule has 3 rings (SSSR count). The van der Waals surface area contributed by atoms with Crippen LogP contribution >= 0.6 is 11.6 Å². The molecule has 1 aliphatic heterocycles. The van der Waals surface area contributed by atoms with Gasteiger partial charge in [0.2, 0.25) is 0 Å². The lowest BCUT2D eigenvalue weighted by molar-refractivity contribution is 0.102. The summed E-state index contributed by atoms with van der Waals surface area (Å²) in [6.45, 7) is 0.688. The van der Waals surface area contributed by atoms with Crippen molar-refractivity contribution in [3.63, 3.8) is 0 Å². The second kappa shape index (κ2) is 3.39. The SMILES string of the molecule is O=C1Nc2cc(Cl)ccc2Cn2cccc21. The van der Waals surface area contributed by atoms with Gasteiger partial charge < -0.3 is 9.88 Å². The van der Waals surface area contributed by atoms with Crippen LogP contribution in [0.15, 0.2) is 36.5 Å². The molecule has 1 aromatic heterocycles. The highest BCUT2D eigenvalue weighted by molar-refractivity contribution is 6.31. The maximum atomic E-state index is 11.9. The number of carbonyl (C=O) groups is 1. The Bertz CT molecular complexity index is 574. The number of hydrogen-bond acceptors (Lipinski definition) is 1. The van der Waals surface area contributed by atoms with Gasteiger partial charge in [0, 0.05) is 23.5 Å². The monoisotopic (exact) mass is 232 g/mol. The lowest BCUT2D eigenvalue weighted by Crippen LogP contribution is -2.12. The van der Waals surface area contributed by atoms with E-state index in [4.69, 9.17) is 11.6 Å². The lowest BCUT2D eigenvalue weighted by atomic mass is 10.2. The van der Waals surface area contributed by atoms with Gasteiger partial charge in [-0.25, -0.2) is 0 Å². The van der Waals surface area contributed by atoms with Crippen molar-refractivity contribution in [2.75, 3.05) is 5.32 Å². The molecule has 0 bridgehead atoms. The average molecular weight is 233 g/mol. The van der Waals surface area contributed by atoms with Gasteiger partial charge in [0.25, 0.3) is 5.91 Å². The molecule has 0 unspecified atom stereocenters. The van der Waals surface area contributed by atoms with Gasteiger partial charge in [0.05, 0.1) is 0 Å². The van der Waals surface area contributed by atoms with Gasteiger partial charge in [-0.3, -0.25) is 4.79 Å². The molecule has 0 fully saturated rings. The Hall–Kier alpha value is -1.74. The fourth-order valence-electron chi connectivity index (χ4n) is 1.93. The topological polar surface area (TPSA) is 34.0 Å². The molecule has 0 aliphatic carbocycles. The Morgan fingerprint density at radius 2 is 2.19 bits per heavy atom. The zero-order valence-corrected chi connectivity index (χ0v) is 9.16. The van der Waals surface area contributed by atoms with Gasteiger partial charge in [-0.2, -0.15) is 0 Å². The summed E-state index contributed by atoms with van der Waals surface area (Å²) in [5.74, 6) is -0.0917. The van der Waals surface area contributed by atoms with Crippen LogP contribution < -0.4 is 5.32 Å². The largest absolute Gasteiger partial charge is 0.339 e. The number of rotatable bonds is 0. The number of halogens is 1. The molecule has 4 heteroatoms. The molecular weight excluding hydrogens is 224 g/mol. The molecule has 2 aromatic rings. The first-order valence-corrected chi connectivity index (χ1v) is 5.37. The number of anilines is 1. The number of hydrogen-bond donors (Lipinski definition) is 1. The quantitative estimate of drug-likeness (QED) is 0.745. The number of nitrogens with one attached hydrogen (secondary N) is 1. The van der Waals surface area contributed by atoms with E-state index in [0.717, 1.165) is 11.3 Å². The summed E-state index contributed by atoms with van der Waals surface area (Å²) in [6.07, 6.45) is 1.90. The van der Waals surface area contributed by atoms with Crippen molar-refractivity contribution in [1.29, 1.82) is 0 Å². The number of nitrogens with zero attached hydrogens (tertiary/aromatic N) is 1. The first-order valence-electron chi connectivity index (χ1n) is 4.99. The van der Waals surface area contributed by atoms with E-state index in [1.54, 1.807) is 6.07 Å². The molecule has 0 saturated carbocycles. The van der Waals surface area contributed by atoms with Gasteiger partial charge in [-0.1, -0.05) is 17.7 Å². The Morgan fingerprint density at radius 1 is 1.31 bits per heavy atom. The fraction of sp³-hybridized carbons (Fsp3) is 0.0833. The lowest BCUT2D eigenvalue weighted by Gasteiger charge is -2.06. The zero-order chi connectivity index (χ0) is 11.1. The third kappa shape index (κ3) is 1.41. The van der Waals surface area contributed by atoms with Crippen molar-refractivity contribution in [1.82, 2.24) is 4.57 Å². The summed E-state index contributed by atoms with van der Waals surface area (Å²) in [6, 6.07) is 9.23. The van der Waals surface area contributed by atoms with Crippen molar-refractivity contribution in [2.24, 2.45) is 0 Å². The summed E-state index contributed by atoms with van der Waals surface area (Å²) >= 11 is 5.90. The Balaban J connectivity index is 2.16. The van der Waals surface area contributed by atoms with Crippen LogP contribution in [0.2, 0.25) is 5.02 Å². The van der Waals surface area contributed by atoms with Crippen LogP contribution in [0.1, 0.15) is 16.1 Å². The maximum absolute atomic E-state index is 11.9. The van der Waals surface area contributed by atoms with Crippen molar-refractivity contribution in [3.8, 4) is 0 Å². The van der Waals surface area contributed by atoms with Crippen LogP contribution in [0, 0.1) is 0 Å². The van der Waals surface area contributed by atoms with Crippen LogP contribution in [-0.4, -0.2) is 10.5 Å². The Morgan fingerprint density at radius 3 is 3.06 bits per heavy atom.